The van der Waals surface area contributed by atoms with Crippen LogP contribution in [0.1, 0.15) is 59.3 Å². The zero-order valence-electron chi connectivity index (χ0n) is 17.9. The number of anilines is 1. The van der Waals surface area contributed by atoms with Crippen LogP contribution < -0.4 is 15.8 Å². The number of allylic oxidation sites excluding steroid dienone is 2. The van der Waals surface area contributed by atoms with Gasteiger partial charge in [0.05, 0.1) is 17.3 Å². The van der Waals surface area contributed by atoms with Crippen molar-refractivity contribution >= 4 is 28.8 Å². The Labute approximate surface area is 179 Å². The lowest BCUT2D eigenvalue weighted by Gasteiger charge is -2.26. The minimum Gasteiger partial charge on any atom is -0.489 e. The van der Waals surface area contributed by atoms with Crippen molar-refractivity contribution in [3.8, 4) is 5.75 Å². The molecule has 0 unspecified atom stereocenters. The minimum atomic E-state index is -0.558. The van der Waals surface area contributed by atoms with Gasteiger partial charge in [-0.05, 0) is 44.9 Å². The second kappa shape index (κ2) is 8.25. The maximum absolute atomic E-state index is 13.1. The number of benzene rings is 1. The number of aryl methyl sites for hydroxylation is 2. The predicted molar refractivity (Wildman–Crippen MR) is 117 cm³/mol. The van der Waals surface area contributed by atoms with E-state index in [-0.39, 0.29) is 11.9 Å². The Kier molecular flexibility index (Phi) is 5.50. The van der Waals surface area contributed by atoms with Crippen molar-refractivity contribution in [1.82, 2.24) is 19.3 Å². The number of ether oxygens (including phenoxy) is 1. The van der Waals surface area contributed by atoms with Gasteiger partial charge in [0.15, 0.2) is 0 Å². The summed E-state index contributed by atoms with van der Waals surface area (Å²) < 4.78 is 9.58. The van der Waals surface area contributed by atoms with Crippen LogP contribution in [0.5, 0.6) is 5.75 Å². The Morgan fingerprint density at radius 3 is 2.81 bits per heavy atom. The first-order valence-corrected chi connectivity index (χ1v) is 10.4. The number of nitrogens with zero attached hydrogens (tertiary/aromatic N) is 4. The monoisotopic (exact) mass is 422 g/mol. The summed E-state index contributed by atoms with van der Waals surface area (Å²) in [5.41, 5.74) is 8.31. The van der Waals surface area contributed by atoms with Crippen LogP contribution in [0.3, 0.4) is 0 Å². The molecule has 3 heterocycles. The molecule has 3 aromatic rings. The number of primary amides is 1. The van der Waals surface area contributed by atoms with Crippen LogP contribution in [-0.2, 0) is 6.54 Å². The molecule has 9 heteroatoms. The van der Waals surface area contributed by atoms with Crippen molar-refractivity contribution in [3.05, 3.63) is 47.3 Å². The molecule has 3 N–H and O–H groups in total. The molecule has 0 aliphatic carbocycles. The van der Waals surface area contributed by atoms with Gasteiger partial charge >= 0.3 is 0 Å². The highest BCUT2D eigenvalue weighted by Gasteiger charge is 2.29. The number of nitrogens with two attached hydrogens (primary N) is 1. The van der Waals surface area contributed by atoms with E-state index in [1.165, 1.54) is 0 Å². The van der Waals surface area contributed by atoms with Gasteiger partial charge in [-0.25, -0.2) is 4.98 Å². The lowest BCUT2D eigenvalue weighted by atomic mass is 10.1. The zero-order chi connectivity index (χ0) is 22.1. The van der Waals surface area contributed by atoms with E-state index in [4.69, 9.17) is 10.5 Å². The van der Waals surface area contributed by atoms with Crippen LogP contribution >= 0.6 is 0 Å². The average molecular weight is 422 g/mol. The number of carbonyl (C=O) groups excluding carboxylic acids is 2. The molecule has 0 radical (unpaired) electrons. The topological polar surface area (TPSA) is 117 Å². The molecule has 0 saturated carbocycles. The van der Waals surface area contributed by atoms with Crippen LogP contribution in [-0.4, -0.2) is 37.8 Å². The van der Waals surface area contributed by atoms with Gasteiger partial charge < -0.3 is 10.5 Å². The SMILES string of the molecule is CCC=CC[C@H]1COc2cc(C(N)=O)cc3nc(NC(=O)c4cc(C)nn4CC)n1c23. The summed E-state index contributed by atoms with van der Waals surface area (Å²) >= 11 is 0. The lowest BCUT2D eigenvalue weighted by molar-refractivity contribution is 0.0995. The highest BCUT2D eigenvalue weighted by Crippen LogP contribution is 2.38. The van der Waals surface area contributed by atoms with Crippen LogP contribution in [0, 0.1) is 6.92 Å². The van der Waals surface area contributed by atoms with Crippen molar-refractivity contribution < 1.29 is 14.3 Å². The molecule has 2 amide bonds. The van der Waals surface area contributed by atoms with Gasteiger partial charge in [0.25, 0.3) is 5.91 Å². The summed E-state index contributed by atoms with van der Waals surface area (Å²) in [6.45, 7) is 6.83. The van der Waals surface area contributed by atoms with Gasteiger partial charge in [-0.2, -0.15) is 5.10 Å². The van der Waals surface area contributed by atoms with E-state index in [1.807, 2.05) is 18.4 Å². The van der Waals surface area contributed by atoms with Crippen LogP contribution in [0.2, 0.25) is 0 Å². The van der Waals surface area contributed by atoms with Crippen LogP contribution in [0.4, 0.5) is 5.95 Å². The lowest BCUT2D eigenvalue weighted by Crippen LogP contribution is -2.26. The quantitative estimate of drug-likeness (QED) is 0.567. The van der Waals surface area contributed by atoms with Crippen LogP contribution in [0.15, 0.2) is 30.4 Å². The normalized spacial score (nSPS) is 15.4. The molecule has 1 aromatic carbocycles. The van der Waals surface area contributed by atoms with Gasteiger partial charge in [-0.3, -0.25) is 24.2 Å². The van der Waals surface area contributed by atoms with Crippen LogP contribution in [0.25, 0.3) is 11.0 Å². The largest absolute Gasteiger partial charge is 0.489 e. The first-order valence-electron chi connectivity index (χ1n) is 10.4. The van der Waals surface area contributed by atoms with E-state index in [9.17, 15) is 9.59 Å². The fourth-order valence-electron chi connectivity index (χ4n) is 3.88. The maximum atomic E-state index is 13.1. The molecule has 162 valence electrons. The van der Waals surface area contributed by atoms with E-state index in [0.717, 1.165) is 24.1 Å². The Morgan fingerprint density at radius 1 is 1.29 bits per heavy atom. The fraction of sp³-hybridized carbons (Fsp3) is 0.364. The number of hydrogen-bond acceptors (Lipinski definition) is 5. The summed E-state index contributed by atoms with van der Waals surface area (Å²) in [5, 5.41) is 7.29. The van der Waals surface area contributed by atoms with E-state index in [1.54, 1.807) is 22.9 Å². The molecule has 31 heavy (non-hydrogen) atoms. The Morgan fingerprint density at radius 2 is 2.10 bits per heavy atom. The number of imidazole rings is 1. The molecule has 1 atom stereocenters. The second-order valence-electron chi connectivity index (χ2n) is 7.53. The number of aromatic nitrogens is 4. The van der Waals surface area contributed by atoms with Crippen molar-refractivity contribution in [1.29, 1.82) is 0 Å². The predicted octanol–water partition coefficient (Wildman–Crippen LogP) is 3.20. The Bertz CT molecular complexity index is 1190. The van der Waals surface area contributed by atoms with Crippen molar-refractivity contribution in [2.24, 2.45) is 5.73 Å². The van der Waals surface area contributed by atoms with E-state index < -0.39 is 5.91 Å². The van der Waals surface area contributed by atoms with E-state index in [0.29, 0.717) is 41.6 Å². The average Bonchev–Trinajstić information content (AvgIpc) is 3.30. The molecule has 2 aromatic heterocycles. The minimum absolute atomic E-state index is 0.0483. The van der Waals surface area contributed by atoms with Gasteiger partial charge in [0.1, 0.15) is 23.6 Å². The third-order valence-corrected chi connectivity index (χ3v) is 5.30. The van der Waals surface area contributed by atoms with E-state index >= 15 is 0 Å². The van der Waals surface area contributed by atoms with Gasteiger partial charge in [-0.15, -0.1) is 0 Å². The number of nitrogens with one attached hydrogen (secondary N) is 1. The Balaban J connectivity index is 1.80. The number of carbonyl (C=O) groups is 2. The van der Waals surface area contributed by atoms with Gasteiger partial charge in [0.2, 0.25) is 11.9 Å². The summed E-state index contributed by atoms with van der Waals surface area (Å²) in [6, 6.07) is 4.95. The maximum Gasteiger partial charge on any atom is 0.276 e. The number of amides is 2. The summed E-state index contributed by atoms with van der Waals surface area (Å²) in [7, 11) is 0. The Hall–Kier alpha value is -3.62. The van der Waals surface area contributed by atoms with Gasteiger partial charge in [-0.1, -0.05) is 19.1 Å². The highest BCUT2D eigenvalue weighted by molar-refractivity contribution is 6.04. The molecule has 0 saturated heterocycles. The number of rotatable bonds is 7. The van der Waals surface area contributed by atoms with E-state index in [2.05, 4.69) is 34.5 Å². The molecule has 9 nitrogen and oxygen atoms in total. The fourth-order valence-corrected chi connectivity index (χ4v) is 3.88. The highest BCUT2D eigenvalue weighted by atomic mass is 16.5. The zero-order valence-corrected chi connectivity index (χ0v) is 17.9. The summed E-state index contributed by atoms with van der Waals surface area (Å²) in [5.74, 6) is 0.0873. The molecule has 4 rings (SSSR count). The first-order chi connectivity index (χ1) is 14.9. The molecular formula is C22H26N6O3. The number of hydrogen-bond donors (Lipinski definition) is 2. The summed E-state index contributed by atoms with van der Waals surface area (Å²) in [4.78, 5) is 29.4. The third kappa shape index (κ3) is 3.78. The van der Waals surface area contributed by atoms with Crippen molar-refractivity contribution in [2.45, 2.75) is 46.2 Å². The molecule has 0 bridgehead atoms. The molecule has 0 spiro atoms. The molecule has 1 aliphatic rings. The van der Waals surface area contributed by atoms with Crippen molar-refractivity contribution in [3.63, 3.8) is 0 Å². The molecular weight excluding hydrogens is 396 g/mol. The smallest absolute Gasteiger partial charge is 0.276 e. The second-order valence-corrected chi connectivity index (χ2v) is 7.53. The first kappa shape index (κ1) is 20.6. The van der Waals surface area contributed by atoms with Crippen molar-refractivity contribution in [2.75, 3.05) is 11.9 Å². The molecule has 0 fully saturated rings. The summed E-state index contributed by atoms with van der Waals surface area (Å²) in [6.07, 6.45) is 5.87. The third-order valence-electron chi connectivity index (χ3n) is 5.30. The standard InChI is InChI=1S/C22H26N6O3/c1-4-6-7-8-15-12-31-18-11-14(20(23)29)10-16-19(18)28(15)22(24-16)25-21(30)17-9-13(3)26-27(17)5-2/h6-7,9-11,15H,4-5,8,12H2,1-3H3,(H2,23,29)(H,24,25,30)/t15-/m0/s1. The molecule has 1 aliphatic heterocycles. The van der Waals surface area contributed by atoms with Gasteiger partial charge in [0, 0.05) is 12.1 Å².